The fourth-order valence-electron chi connectivity index (χ4n) is 2.02. The van der Waals surface area contributed by atoms with Crippen molar-refractivity contribution >= 4 is 17.3 Å². The first-order chi connectivity index (χ1) is 8.61. The molecule has 0 unspecified atom stereocenters. The van der Waals surface area contributed by atoms with Crippen LogP contribution < -0.4 is 15.0 Å². The average Bonchev–Trinajstić information content (AvgIpc) is 2.30. The van der Waals surface area contributed by atoms with Gasteiger partial charge in [-0.3, -0.25) is 4.79 Å². The Bertz CT molecular complexity index is 469. The molecule has 1 amide bonds. The predicted octanol–water partition coefficient (Wildman–Crippen LogP) is 2.42. The van der Waals surface area contributed by atoms with Crippen LogP contribution in [-0.2, 0) is 4.79 Å². The van der Waals surface area contributed by atoms with E-state index in [0.717, 1.165) is 11.4 Å². The zero-order valence-corrected chi connectivity index (χ0v) is 10.8. The highest BCUT2D eigenvalue weighted by Crippen LogP contribution is 2.37. The molecule has 1 heterocycles. The van der Waals surface area contributed by atoms with E-state index in [0.29, 0.717) is 18.8 Å². The maximum absolute atomic E-state index is 11.7. The Morgan fingerprint density at radius 2 is 2.33 bits per heavy atom. The molecule has 0 saturated carbocycles. The normalized spacial score (nSPS) is 14.2. The predicted molar refractivity (Wildman–Crippen MR) is 73.2 cm³/mol. The largest absolute Gasteiger partial charge is 0.489 e. The topological polar surface area (TPSA) is 41.6 Å². The average molecular weight is 246 g/mol. The lowest BCUT2D eigenvalue weighted by molar-refractivity contribution is -0.115. The van der Waals surface area contributed by atoms with Gasteiger partial charge >= 0.3 is 0 Å². The molecule has 1 aromatic rings. The molecule has 1 N–H and O–H groups in total. The van der Waals surface area contributed by atoms with Crippen LogP contribution in [0.15, 0.2) is 30.9 Å². The van der Waals surface area contributed by atoms with E-state index in [1.807, 2.05) is 36.9 Å². The van der Waals surface area contributed by atoms with E-state index in [2.05, 4.69) is 11.9 Å². The standard InChI is InChI=1S/C14H18N2O2/c1-4-8-16-9-13(17)15-14-11(16)6-5-7-12(14)18-10(2)3/h4-7,10H,1,8-9H2,2-3H3,(H,15,17). The van der Waals surface area contributed by atoms with Crippen LogP contribution in [0, 0.1) is 0 Å². The third-order valence-electron chi connectivity index (χ3n) is 2.66. The highest BCUT2D eigenvalue weighted by atomic mass is 16.5. The maximum atomic E-state index is 11.7. The van der Waals surface area contributed by atoms with Crippen LogP contribution in [0.2, 0.25) is 0 Å². The summed E-state index contributed by atoms with van der Waals surface area (Å²) >= 11 is 0. The van der Waals surface area contributed by atoms with Gasteiger partial charge in [0.25, 0.3) is 0 Å². The lowest BCUT2D eigenvalue weighted by atomic mass is 10.1. The first-order valence-corrected chi connectivity index (χ1v) is 6.07. The van der Waals surface area contributed by atoms with E-state index in [1.165, 1.54) is 0 Å². The summed E-state index contributed by atoms with van der Waals surface area (Å²) in [5, 5.41) is 2.88. The number of nitrogens with zero attached hydrogens (tertiary/aromatic N) is 1. The number of rotatable bonds is 4. The van der Waals surface area contributed by atoms with Crippen molar-refractivity contribution in [3.8, 4) is 5.75 Å². The highest BCUT2D eigenvalue weighted by Gasteiger charge is 2.24. The minimum atomic E-state index is -0.0239. The van der Waals surface area contributed by atoms with Gasteiger partial charge in [-0.1, -0.05) is 12.1 Å². The minimum Gasteiger partial charge on any atom is -0.489 e. The maximum Gasteiger partial charge on any atom is 0.244 e. The molecule has 1 aliphatic heterocycles. The molecule has 4 heteroatoms. The molecule has 18 heavy (non-hydrogen) atoms. The van der Waals surface area contributed by atoms with Gasteiger partial charge in [0.2, 0.25) is 5.91 Å². The molecule has 0 atom stereocenters. The van der Waals surface area contributed by atoms with Crippen molar-refractivity contribution in [2.24, 2.45) is 0 Å². The van der Waals surface area contributed by atoms with Crippen molar-refractivity contribution in [2.75, 3.05) is 23.3 Å². The lowest BCUT2D eigenvalue weighted by Crippen LogP contribution is -2.38. The molecule has 96 valence electrons. The number of carbonyl (C=O) groups is 1. The van der Waals surface area contributed by atoms with E-state index in [9.17, 15) is 4.79 Å². The van der Waals surface area contributed by atoms with Crippen molar-refractivity contribution in [1.29, 1.82) is 0 Å². The van der Waals surface area contributed by atoms with Crippen LogP contribution in [0.3, 0.4) is 0 Å². The Balaban J connectivity index is 2.40. The zero-order chi connectivity index (χ0) is 13.1. The number of carbonyl (C=O) groups excluding carboxylic acids is 1. The van der Waals surface area contributed by atoms with Gasteiger partial charge < -0.3 is 15.0 Å². The van der Waals surface area contributed by atoms with Gasteiger partial charge in [-0.15, -0.1) is 6.58 Å². The number of amides is 1. The minimum absolute atomic E-state index is 0.0239. The molecule has 2 rings (SSSR count). The Morgan fingerprint density at radius 3 is 3.00 bits per heavy atom. The number of hydrogen-bond acceptors (Lipinski definition) is 3. The summed E-state index contributed by atoms with van der Waals surface area (Å²) in [6.07, 6.45) is 1.86. The van der Waals surface area contributed by atoms with Gasteiger partial charge in [0, 0.05) is 6.54 Å². The summed E-state index contributed by atoms with van der Waals surface area (Å²) in [6, 6.07) is 5.78. The monoisotopic (exact) mass is 246 g/mol. The summed E-state index contributed by atoms with van der Waals surface area (Å²) in [5.74, 6) is 0.689. The van der Waals surface area contributed by atoms with Crippen LogP contribution >= 0.6 is 0 Å². The Labute approximate surface area is 107 Å². The number of nitrogens with one attached hydrogen (secondary N) is 1. The Morgan fingerprint density at radius 1 is 1.56 bits per heavy atom. The molecule has 1 aliphatic rings. The number of anilines is 2. The van der Waals surface area contributed by atoms with Gasteiger partial charge in [-0.25, -0.2) is 0 Å². The van der Waals surface area contributed by atoms with Crippen molar-refractivity contribution in [2.45, 2.75) is 20.0 Å². The molecule has 0 aromatic heterocycles. The third-order valence-corrected chi connectivity index (χ3v) is 2.66. The first-order valence-electron chi connectivity index (χ1n) is 6.07. The second-order valence-electron chi connectivity index (χ2n) is 4.53. The van der Waals surface area contributed by atoms with Gasteiger partial charge in [0.15, 0.2) is 0 Å². The zero-order valence-electron chi connectivity index (χ0n) is 10.8. The van der Waals surface area contributed by atoms with E-state index in [1.54, 1.807) is 6.08 Å². The first kappa shape index (κ1) is 12.5. The molecule has 0 aliphatic carbocycles. The van der Waals surface area contributed by atoms with Crippen molar-refractivity contribution in [3.05, 3.63) is 30.9 Å². The fraction of sp³-hybridized carbons (Fsp3) is 0.357. The van der Waals surface area contributed by atoms with Crippen LogP contribution in [0.4, 0.5) is 11.4 Å². The summed E-state index contributed by atoms with van der Waals surface area (Å²) in [5.41, 5.74) is 1.73. The number of ether oxygens (including phenoxy) is 1. The molecule has 0 saturated heterocycles. The van der Waals surface area contributed by atoms with Gasteiger partial charge in [-0.05, 0) is 26.0 Å². The number of para-hydroxylation sites is 1. The lowest BCUT2D eigenvalue weighted by Gasteiger charge is -2.31. The second-order valence-corrected chi connectivity index (χ2v) is 4.53. The van der Waals surface area contributed by atoms with Gasteiger partial charge in [0.05, 0.1) is 18.3 Å². The smallest absolute Gasteiger partial charge is 0.244 e. The van der Waals surface area contributed by atoms with E-state index < -0.39 is 0 Å². The highest BCUT2D eigenvalue weighted by molar-refractivity contribution is 6.03. The number of hydrogen-bond donors (Lipinski definition) is 1. The summed E-state index contributed by atoms with van der Waals surface area (Å²) < 4.78 is 5.72. The van der Waals surface area contributed by atoms with Crippen molar-refractivity contribution in [3.63, 3.8) is 0 Å². The van der Waals surface area contributed by atoms with E-state index in [4.69, 9.17) is 4.74 Å². The third kappa shape index (κ3) is 2.47. The van der Waals surface area contributed by atoms with Gasteiger partial charge in [0.1, 0.15) is 11.4 Å². The quantitative estimate of drug-likeness (QED) is 0.829. The number of fused-ring (bicyclic) bond motifs is 1. The molecule has 1 aromatic carbocycles. The number of benzene rings is 1. The SMILES string of the molecule is C=CCN1CC(=O)Nc2c(OC(C)C)cccc21. The Hall–Kier alpha value is -1.97. The Kier molecular flexibility index (Phi) is 3.55. The fourth-order valence-corrected chi connectivity index (χ4v) is 2.02. The van der Waals surface area contributed by atoms with Crippen LogP contribution in [0.5, 0.6) is 5.75 Å². The molecule has 0 radical (unpaired) electrons. The van der Waals surface area contributed by atoms with E-state index >= 15 is 0 Å². The second kappa shape index (κ2) is 5.12. The van der Waals surface area contributed by atoms with Crippen LogP contribution in [0.25, 0.3) is 0 Å². The van der Waals surface area contributed by atoms with Crippen molar-refractivity contribution in [1.82, 2.24) is 0 Å². The molecular formula is C14H18N2O2. The molecule has 0 spiro atoms. The summed E-state index contributed by atoms with van der Waals surface area (Å²) in [6.45, 7) is 8.64. The molecular weight excluding hydrogens is 228 g/mol. The summed E-state index contributed by atoms with van der Waals surface area (Å²) in [4.78, 5) is 13.7. The molecule has 0 bridgehead atoms. The van der Waals surface area contributed by atoms with E-state index in [-0.39, 0.29) is 12.0 Å². The molecule has 4 nitrogen and oxygen atoms in total. The summed E-state index contributed by atoms with van der Waals surface area (Å²) in [7, 11) is 0. The van der Waals surface area contributed by atoms with Crippen LogP contribution in [-0.4, -0.2) is 25.1 Å². The molecule has 0 fully saturated rings. The van der Waals surface area contributed by atoms with Crippen LogP contribution in [0.1, 0.15) is 13.8 Å². The van der Waals surface area contributed by atoms with Gasteiger partial charge in [-0.2, -0.15) is 0 Å². The van der Waals surface area contributed by atoms with Crippen molar-refractivity contribution < 1.29 is 9.53 Å².